The zero-order valence-corrected chi connectivity index (χ0v) is 22.5. The molecule has 1 atom stereocenters. The molecule has 0 saturated carbocycles. The average Bonchev–Trinajstić information content (AvgIpc) is 3.44. The molecule has 3 heterocycles. The van der Waals surface area contributed by atoms with E-state index in [-0.39, 0.29) is 5.91 Å². The zero-order valence-electron chi connectivity index (χ0n) is 21.6. The minimum absolute atomic E-state index is 0.0999. The van der Waals surface area contributed by atoms with Crippen molar-refractivity contribution >= 4 is 51.7 Å². The summed E-state index contributed by atoms with van der Waals surface area (Å²) in [7, 11) is 1.23. The number of rotatable bonds is 7. The molecule has 1 fully saturated rings. The van der Waals surface area contributed by atoms with Gasteiger partial charge in [-0.1, -0.05) is 30.3 Å². The van der Waals surface area contributed by atoms with Crippen molar-refractivity contribution in [3.63, 3.8) is 0 Å². The Morgan fingerprint density at radius 3 is 2.38 bits per heavy atom. The van der Waals surface area contributed by atoms with E-state index in [2.05, 4.69) is 20.3 Å². The number of hydrogen-bond donors (Lipinski definition) is 1. The Balaban J connectivity index is 1.36. The average molecular weight is 515 g/mol. The van der Waals surface area contributed by atoms with Crippen LogP contribution in [0, 0.1) is 0 Å². The van der Waals surface area contributed by atoms with E-state index in [9.17, 15) is 4.79 Å². The van der Waals surface area contributed by atoms with Gasteiger partial charge in [0.1, 0.15) is 6.04 Å². The Labute approximate surface area is 221 Å². The summed E-state index contributed by atoms with van der Waals surface area (Å²) in [6, 6.07) is 15.2. The molecule has 0 aliphatic carbocycles. The van der Waals surface area contributed by atoms with Crippen molar-refractivity contribution in [1.29, 1.82) is 0 Å². The molecule has 1 amide bonds. The highest BCUT2D eigenvalue weighted by Crippen LogP contribution is 2.36. The van der Waals surface area contributed by atoms with Crippen molar-refractivity contribution in [2.24, 2.45) is 0 Å². The van der Waals surface area contributed by atoms with E-state index in [0.717, 1.165) is 26.9 Å². The summed E-state index contributed by atoms with van der Waals surface area (Å²) in [4.78, 5) is 28.7. The number of carbonyl (C=O) groups is 1. The summed E-state index contributed by atoms with van der Waals surface area (Å²) >= 11 is 1.57. The zero-order chi connectivity index (χ0) is 26.2. The van der Waals surface area contributed by atoms with Gasteiger partial charge in [-0.25, -0.2) is 15.0 Å². The molecule has 1 N–H and O–H groups in total. The Morgan fingerprint density at radius 1 is 1.03 bits per heavy atom. The number of thiazole rings is 1. The van der Waals surface area contributed by atoms with Gasteiger partial charge >= 0.3 is 7.12 Å². The van der Waals surface area contributed by atoms with Gasteiger partial charge < -0.3 is 19.5 Å². The first kappa shape index (κ1) is 25.3. The van der Waals surface area contributed by atoms with Crippen molar-refractivity contribution in [2.75, 3.05) is 17.3 Å². The molecule has 1 aliphatic rings. The lowest BCUT2D eigenvalue weighted by molar-refractivity contribution is -0.119. The fraction of sp³-hybridized carbons (Fsp3) is 0.333. The fourth-order valence-corrected chi connectivity index (χ4v) is 4.79. The third kappa shape index (κ3) is 5.23. The lowest BCUT2D eigenvalue weighted by Gasteiger charge is -2.32. The predicted octanol–water partition coefficient (Wildman–Crippen LogP) is 4.07. The van der Waals surface area contributed by atoms with Gasteiger partial charge in [0.2, 0.25) is 11.9 Å². The van der Waals surface area contributed by atoms with Gasteiger partial charge in [0, 0.05) is 37.0 Å². The third-order valence-corrected chi connectivity index (χ3v) is 7.92. The van der Waals surface area contributed by atoms with Gasteiger partial charge in [-0.3, -0.25) is 4.79 Å². The van der Waals surface area contributed by atoms with Gasteiger partial charge in [-0.2, -0.15) is 0 Å². The summed E-state index contributed by atoms with van der Waals surface area (Å²) < 4.78 is 13.3. The van der Waals surface area contributed by atoms with E-state index in [1.807, 2.05) is 76.2 Å². The lowest BCUT2D eigenvalue weighted by Crippen LogP contribution is -2.43. The summed E-state index contributed by atoms with van der Waals surface area (Å²) in [5, 5.41) is 3.25. The van der Waals surface area contributed by atoms with Crippen LogP contribution in [0.1, 0.15) is 33.3 Å². The van der Waals surface area contributed by atoms with Gasteiger partial charge in [-0.05, 0) is 51.5 Å². The second-order valence-electron chi connectivity index (χ2n) is 10.2. The van der Waals surface area contributed by atoms with Crippen LogP contribution < -0.4 is 15.7 Å². The standard InChI is InChI=1S/C27H30BN5O3S/c1-26(2)27(3,4)36-28(35-26)19-15-29-25(30-16-19)32-22(13-18-9-7-6-8-10-18)24(34)33(5)20-11-12-23-21(14-20)31-17-37-23/h6-12,14-17,22H,13H2,1-5H3,(H,29,30,32)/t22-/m0/s1. The van der Waals surface area contributed by atoms with Crippen molar-refractivity contribution < 1.29 is 14.1 Å². The van der Waals surface area contributed by atoms with Crippen LogP contribution in [0.2, 0.25) is 0 Å². The number of aromatic nitrogens is 3. The Hall–Kier alpha value is -3.34. The molecule has 5 rings (SSSR count). The molecular formula is C27H30BN5O3S. The van der Waals surface area contributed by atoms with E-state index in [1.165, 1.54) is 0 Å². The van der Waals surface area contributed by atoms with Crippen LogP contribution in [-0.2, 0) is 20.5 Å². The maximum absolute atomic E-state index is 13.7. The number of hydrogen-bond acceptors (Lipinski definition) is 8. The normalized spacial score (nSPS) is 17.1. The van der Waals surface area contributed by atoms with E-state index in [1.54, 1.807) is 41.2 Å². The molecule has 1 saturated heterocycles. The predicted molar refractivity (Wildman–Crippen MR) is 148 cm³/mol. The van der Waals surface area contributed by atoms with Gasteiger partial charge in [-0.15, -0.1) is 11.3 Å². The number of fused-ring (bicyclic) bond motifs is 1. The minimum Gasteiger partial charge on any atom is -0.399 e. The first-order valence-corrected chi connectivity index (χ1v) is 13.1. The van der Waals surface area contributed by atoms with Crippen LogP contribution >= 0.6 is 11.3 Å². The van der Waals surface area contributed by atoms with Crippen molar-refractivity contribution in [1.82, 2.24) is 15.0 Å². The monoisotopic (exact) mass is 515 g/mol. The number of amides is 1. The largest absolute Gasteiger partial charge is 0.498 e. The van der Waals surface area contributed by atoms with Crippen molar-refractivity contribution in [2.45, 2.75) is 51.4 Å². The van der Waals surface area contributed by atoms with Crippen LogP contribution in [0.4, 0.5) is 11.6 Å². The summed E-state index contributed by atoms with van der Waals surface area (Å²) in [5.74, 6) is 0.259. The van der Waals surface area contributed by atoms with E-state index in [4.69, 9.17) is 9.31 Å². The van der Waals surface area contributed by atoms with Crippen molar-refractivity contribution in [3.8, 4) is 0 Å². The molecule has 2 aromatic heterocycles. The third-order valence-electron chi connectivity index (χ3n) is 7.11. The van der Waals surface area contributed by atoms with Crippen LogP contribution in [0.15, 0.2) is 66.4 Å². The molecule has 190 valence electrons. The fourth-order valence-electron chi connectivity index (χ4n) is 4.13. The molecule has 1 aliphatic heterocycles. The Kier molecular flexibility index (Phi) is 6.74. The SMILES string of the molecule is CN(C(=O)[C@H](Cc1ccccc1)Nc1ncc(B2OC(C)(C)C(C)(C)O2)cn1)c1ccc2scnc2c1. The minimum atomic E-state index is -0.582. The van der Waals surface area contributed by atoms with Gasteiger partial charge in [0.25, 0.3) is 0 Å². The summed E-state index contributed by atoms with van der Waals surface area (Å²) in [6.45, 7) is 8.02. The molecule has 2 aromatic carbocycles. The Bertz CT molecular complexity index is 1380. The number of nitrogens with one attached hydrogen (secondary N) is 1. The quantitative estimate of drug-likeness (QED) is 0.371. The van der Waals surface area contributed by atoms with E-state index >= 15 is 0 Å². The number of carbonyl (C=O) groups excluding carboxylic acids is 1. The maximum Gasteiger partial charge on any atom is 0.498 e. The maximum atomic E-state index is 13.7. The molecule has 8 nitrogen and oxygen atoms in total. The first-order valence-electron chi connectivity index (χ1n) is 12.2. The van der Waals surface area contributed by atoms with E-state index < -0.39 is 24.4 Å². The number of nitrogens with zero attached hydrogens (tertiary/aromatic N) is 4. The topological polar surface area (TPSA) is 89.5 Å². The smallest absolute Gasteiger partial charge is 0.399 e. The second kappa shape index (κ2) is 9.85. The number of anilines is 2. The molecule has 10 heteroatoms. The highest BCUT2D eigenvalue weighted by molar-refractivity contribution is 7.16. The molecule has 4 aromatic rings. The molecule has 0 spiro atoms. The number of benzene rings is 2. The number of likely N-dealkylation sites (N-methyl/N-ethyl adjacent to an activating group) is 1. The van der Waals surface area contributed by atoms with Crippen LogP contribution in [-0.4, -0.2) is 52.3 Å². The highest BCUT2D eigenvalue weighted by atomic mass is 32.1. The van der Waals surface area contributed by atoms with Gasteiger partial charge in [0.15, 0.2) is 0 Å². The molecule has 37 heavy (non-hydrogen) atoms. The highest BCUT2D eigenvalue weighted by Gasteiger charge is 2.52. The molecular weight excluding hydrogens is 485 g/mol. The van der Waals surface area contributed by atoms with Crippen molar-refractivity contribution in [3.05, 3.63) is 72.0 Å². The first-order chi connectivity index (χ1) is 17.6. The lowest BCUT2D eigenvalue weighted by atomic mass is 9.81. The van der Waals surface area contributed by atoms with Gasteiger partial charge in [0.05, 0.1) is 26.9 Å². The van der Waals surface area contributed by atoms with Crippen LogP contribution in [0.3, 0.4) is 0 Å². The molecule has 0 bridgehead atoms. The molecule has 0 radical (unpaired) electrons. The summed E-state index contributed by atoms with van der Waals surface area (Å²) in [6.07, 6.45) is 3.84. The summed E-state index contributed by atoms with van der Waals surface area (Å²) in [5.41, 5.74) is 4.31. The van der Waals surface area contributed by atoms with Crippen LogP contribution in [0.25, 0.3) is 10.2 Å². The second-order valence-corrected chi connectivity index (χ2v) is 11.1. The Morgan fingerprint density at radius 2 is 1.70 bits per heavy atom. The van der Waals surface area contributed by atoms with E-state index in [0.29, 0.717) is 12.4 Å². The molecule has 0 unspecified atom stereocenters. The van der Waals surface area contributed by atoms with Crippen LogP contribution in [0.5, 0.6) is 0 Å².